The van der Waals surface area contributed by atoms with Crippen molar-refractivity contribution in [2.45, 2.75) is 20.8 Å². The zero-order valence-electron chi connectivity index (χ0n) is 7.70. The average molecular weight is 152 g/mol. The maximum atomic E-state index is 4.25. The Morgan fingerprint density at radius 1 is 1.55 bits per heavy atom. The minimum Gasteiger partial charge on any atom is -0.273 e. The quantitative estimate of drug-likeness (QED) is 0.561. The minimum atomic E-state index is 0.489. The molecule has 0 aromatic rings. The van der Waals surface area contributed by atoms with Crippen molar-refractivity contribution in [1.82, 2.24) is 5.01 Å². The molecule has 1 unspecified atom stereocenters. The molecule has 1 rings (SSSR count). The molecular weight excluding hydrogens is 136 g/mol. The molecule has 0 aromatic heterocycles. The molecule has 0 saturated carbocycles. The van der Waals surface area contributed by atoms with E-state index in [2.05, 4.69) is 31.9 Å². The van der Waals surface area contributed by atoms with Crippen molar-refractivity contribution >= 4 is 6.21 Å². The highest BCUT2D eigenvalue weighted by Gasteiger charge is 2.12. The van der Waals surface area contributed by atoms with E-state index in [0.717, 1.165) is 0 Å². The predicted octanol–water partition coefficient (Wildman–Crippen LogP) is 2.09. The van der Waals surface area contributed by atoms with Gasteiger partial charge in [0.05, 0.1) is 0 Å². The largest absolute Gasteiger partial charge is 0.273 e. The number of nitrogens with zero attached hydrogens (tertiary/aromatic N) is 2. The summed E-state index contributed by atoms with van der Waals surface area (Å²) >= 11 is 0. The number of hydrogen-bond acceptors (Lipinski definition) is 2. The van der Waals surface area contributed by atoms with Gasteiger partial charge in [0.1, 0.15) is 0 Å². The Balaban J connectivity index is 2.76. The van der Waals surface area contributed by atoms with Crippen molar-refractivity contribution < 1.29 is 0 Å². The summed E-state index contributed by atoms with van der Waals surface area (Å²) in [4.78, 5) is 0. The molecule has 0 radical (unpaired) electrons. The second kappa shape index (κ2) is 3.07. The van der Waals surface area contributed by atoms with Crippen LogP contribution in [0.5, 0.6) is 0 Å². The number of allylic oxidation sites excluding steroid dienone is 2. The summed E-state index contributed by atoms with van der Waals surface area (Å²) in [6, 6.07) is 0. The molecule has 11 heavy (non-hydrogen) atoms. The van der Waals surface area contributed by atoms with Crippen LogP contribution in [0.2, 0.25) is 0 Å². The van der Waals surface area contributed by atoms with Crippen LogP contribution in [0.3, 0.4) is 0 Å². The van der Waals surface area contributed by atoms with Gasteiger partial charge >= 0.3 is 0 Å². The fraction of sp³-hybridized carbons (Fsp3) is 0.667. The molecule has 2 heteroatoms. The van der Waals surface area contributed by atoms with E-state index in [0.29, 0.717) is 11.8 Å². The third-order valence-corrected chi connectivity index (χ3v) is 1.87. The molecule has 0 fully saturated rings. The van der Waals surface area contributed by atoms with Gasteiger partial charge in [0, 0.05) is 24.9 Å². The standard InChI is InChI=1S/C9H16N2/c1-7(2)9-5-8(3)6-10-11(9)4/h5-8H,1-4H3. The van der Waals surface area contributed by atoms with Crippen LogP contribution in [-0.4, -0.2) is 18.3 Å². The summed E-state index contributed by atoms with van der Waals surface area (Å²) in [6.07, 6.45) is 4.23. The van der Waals surface area contributed by atoms with Crippen molar-refractivity contribution in [2.24, 2.45) is 16.9 Å². The predicted molar refractivity (Wildman–Crippen MR) is 48.3 cm³/mol. The molecule has 0 amide bonds. The summed E-state index contributed by atoms with van der Waals surface area (Å²) in [5, 5.41) is 6.20. The third kappa shape index (κ3) is 1.82. The van der Waals surface area contributed by atoms with Crippen molar-refractivity contribution in [2.75, 3.05) is 7.05 Å². The van der Waals surface area contributed by atoms with Crippen molar-refractivity contribution in [1.29, 1.82) is 0 Å². The van der Waals surface area contributed by atoms with E-state index < -0.39 is 0 Å². The smallest absolute Gasteiger partial charge is 0.0356 e. The van der Waals surface area contributed by atoms with Gasteiger partial charge in [-0.1, -0.05) is 26.8 Å². The maximum absolute atomic E-state index is 4.25. The average Bonchev–Trinajstić information content (AvgIpc) is 1.94. The van der Waals surface area contributed by atoms with Gasteiger partial charge in [-0.3, -0.25) is 5.01 Å². The fourth-order valence-electron chi connectivity index (χ4n) is 1.26. The van der Waals surface area contributed by atoms with E-state index in [-0.39, 0.29) is 0 Å². The Kier molecular flexibility index (Phi) is 2.32. The van der Waals surface area contributed by atoms with E-state index in [1.807, 2.05) is 18.3 Å². The van der Waals surface area contributed by atoms with Crippen LogP contribution in [0.4, 0.5) is 0 Å². The number of rotatable bonds is 1. The van der Waals surface area contributed by atoms with E-state index >= 15 is 0 Å². The Morgan fingerprint density at radius 3 is 2.64 bits per heavy atom. The lowest BCUT2D eigenvalue weighted by Gasteiger charge is -2.25. The van der Waals surface area contributed by atoms with Crippen LogP contribution in [0.1, 0.15) is 20.8 Å². The first kappa shape index (κ1) is 8.31. The topological polar surface area (TPSA) is 15.6 Å². The van der Waals surface area contributed by atoms with E-state index in [1.54, 1.807) is 0 Å². The Hall–Kier alpha value is -0.790. The maximum Gasteiger partial charge on any atom is 0.0356 e. The summed E-state index contributed by atoms with van der Waals surface area (Å²) < 4.78 is 0. The molecule has 0 N–H and O–H groups in total. The normalized spacial score (nSPS) is 24.3. The first-order valence-corrected chi connectivity index (χ1v) is 4.11. The second-order valence-electron chi connectivity index (χ2n) is 3.39. The van der Waals surface area contributed by atoms with Crippen LogP contribution >= 0.6 is 0 Å². The van der Waals surface area contributed by atoms with E-state index in [4.69, 9.17) is 0 Å². The van der Waals surface area contributed by atoms with Gasteiger partial charge in [-0.2, -0.15) is 5.10 Å². The lowest BCUT2D eigenvalue weighted by atomic mass is 10.0. The van der Waals surface area contributed by atoms with Gasteiger partial charge < -0.3 is 0 Å². The van der Waals surface area contributed by atoms with Gasteiger partial charge in [0.2, 0.25) is 0 Å². The molecule has 1 aliphatic heterocycles. The lowest BCUT2D eigenvalue weighted by Crippen LogP contribution is -2.20. The lowest BCUT2D eigenvalue weighted by molar-refractivity contribution is 0.383. The molecular formula is C9H16N2. The van der Waals surface area contributed by atoms with Gasteiger partial charge in [-0.05, 0) is 5.92 Å². The molecule has 62 valence electrons. The van der Waals surface area contributed by atoms with E-state index in [9.17, 15) is 0 Å². The summed E-state index contributed by atoms with van der Waals surface area (Å²) in [7, 11) is 1.99. The number of hydrogen-bond donors (Lipinski definition) is 0. The van der Waals surface area contributed by atoms with E-state index in [1.165, 1.54) is 5.70 Å². The van der Waals surface area contributed by atoms with Crippen LogP contribution < -0.4 is 0 Å². The highest BCUT2D eigenvalue weighted by atomic mass is 15.4. The molecule has 1 atom stereocenters. The first-order valence-electron chi connectivity index (χ1n) is 4.11. The molecule has 2 nitrogen and oxygen atoms in total. The molecule has 0 bridgehead atoms. The summed E-state index contributed by atoms with van der Waals surface area (Å²) in [6.45, 7) is 6.53. The van der Waals surface area contributed by atoms with Gasteiger partial charge in [0.15, 0.2) is 0 Å². The molecule has 1 aliphatic rings. The molecule has 0 aromatic carbocycles. The highest BCUT2D eigenvalue weighted by Crippen LogP contribution is 2.19. The zero-order valence-corrected chi connectivity index (χ0v) is 7.70. The monoisotopic (exact) mass is 152 g/mol. The Morgan fingerprint density at radius 2 is 2.18 bits per heavy atom. The van der Waals surface area contributed by atoms with Gasteiger partial charge in [0.25, 0.3) is 0 Å². The van der Waals surface area contributed by atoms with Crippen LogP contribution in [0, 0.1) is 11.8 Å². The highest BCUT2D eigenvalue weighted by molar-refractivity contribution is 5.63. The Bertz CT molecular complexity index is 192. The molecule has 1 heterocycles. The van der Waals surface area contributed by atoms with Crippen LogP contribution in [0.25, 0.3) is 0 Å². The first-order chi connectivity index (χ1) is 5.11. The van der Waals surface area contributed by atoms with Crippen LogP contribution in [0.15, 0.2) is 16.9 Å². The van der Waals surface area contributed by atoms with Crippen molar-refractivity contribution in [3.63, 3.8) is 0 Å². The summed E-state index contributed by atoms with van der Waals surface area (Å²) in [5.74, 6) is 1.06. The van der Waals surface area contributed by atoms with Crippen molar-refractivity contribution in [3.8, 4) is 0 Å². The number of hydrazone groups is 1. The second-order valence-corrected chi connectivity index (χ2v) is 3.39. The molecule has 0 spiro atoms. The Labute approximate surface area is 68.6 Å². The minimum absolute atomic E-state index is 0.489. The van der Waals surface area contributed by atoms with Gasteiger partial charge in [-0.15, -0.1) is 0 Å². The van der Waals surface area contributed by atoms with Crippen molar-refractivity contribution in [3.05, 3.63) is 11.8 Å². The van der Waals surface area contributed by atoms with Crippen LogP contribution in [-0.2, 0) is 0 Å². The molecule has 0 aliphatic carbocycles. The summed E-state index contributed by atoms with van der Waals surface area (Å²) in [5.41, 5.74) is 1.32. The molecule has 0 saturated heterocycles. The third-order valence-electron chi connectivity index (χ3n) is 1.87. The zero-order chi connectivity index (χ0) is 8.43. The van der Waals surface area contributed by atoms with Gasteiger partial charge in [-0.25, -0.2) is 0 Å². The fourth-order valence-corrected chi connectivity index (χ4v) is 1.26. The SMILES string of the molecule is CC1C=NN(C)C(C(C)C)=C1.